The lowest BCUT2D eigenvalue weighted by atomic mass is 9.98. The third kappa shape index (κ3) is 5.34. The quantitative estimate of drug-likeness (QED) is 0.435. The molecule has 2 atom stereocenters. The van der Waals surface area contributed by atoms with E-state index < -0.39 is 30.1 Å². The number of amides is 2. The molecule has 9 nitrogen and oxygen atoms in total. The number of nitrogens with zero attached hydrogens (tertiary/aromatic N) is 2. The first kappa shape index (κ1) is 24.0. The van der Waals surface area contributed by atoms with Crippen molar-refractivity contribution < 1.29 is 24.2 Å². The van der Waals surface area contributed by atoms with Gasteiger partial charge < -0.3 is 20.5 Å². The van der Waals surface area contributed by atoms with E-state index in [2.05, 4.69) is 27.9 Å². The molecule has 3 aromatic rings. The van der Waals surface area contributed by atoms with Crippen molar-refractivity contribution >= 4 is 18.0 Å². The highest BCUT2D eigenvalue weighted by Crippen LogP contribution is 2.44. The first-order valence-corrected chi connectivity index (χ1v) is 11.5. The van der Waals surface area contributed by atoms with Crippen LogP contribution in [0, 0.1) is 0 Å². The lowest BCUT2D eigenvalue weighted by molar-refractivity contribution is -0.142. The summed E-state index contributed by atoms with van der Waals surface area (Å²) in [6.07, 6.45) is 2.71. The summed E-state index contributed by atoms with van der Waals surface area (Å²) in [5.74, 6) is -1.75. The lowest BCUT2D eigenvalue weighted by Crippen LogP contribution is -2.41. The molecule has 1 aliphatic carbocycles. The van der Waals surface area contributed by atoms with Crippen LogP contribution in [-0.2, 0) is 21.4 Å². The third-order valence-electron chi connectivity index (χ3n) is 6.20. The fraction of sp³-hybridized carbons (Fsp3) is 0.308. The van der Waals surface area contributed by atoms with Gasteiger partial charge in [0.15, 0.2) is 6.04 Å². The standard InChI is InChI=1S/C26H28N4O5/c1-3-17(12-23(31)29-24(25(32)33)16-13-27-30(2)14-16)28-26(34)35-15-22-20-10-6-4-8-18(20)19-9-5-7-11-21(19)22/h4-11,13-14,17,22,24H,3,12,15H2,1-2H3,(H,28,34)(H,29,31)(H,32,33)/t17-,24?/m0/s1. The molecule has 35 heavy (non-hydrogen) atoms. The molecule has 2 amide bonds. The number of nitrogens with one attached hydrogen (secondary N) is 2. The topological polar surface area (TPSA) is 123 Å². The number of hydrogen-bond acceptors (Lipinski definition) is 5. The molecule has 1 aromatic heterocycles. The number of aryl methyl sites for hydroxylation is 1. The fourth-order valence-corrected chi connectivity index (χ4v) is 4.42. The Labute approximate surface area is 203 Å². The van der Waals surface area contributed by atoms with E-state index in [4.69, 9.17) is 4.74 Å². The van der Waals surface area contributed by atoms with Gasteiger partial charge in [0.2, 0.25) is 5.91 Å². The lowest BCUT2D eigenvalue weighted by Gasteiger charge is -2.20. The van der Waals surface area contributed by atoms with E-state index in [0.29, 0.717) is 12.0 Å². The Morgan fingerprint density at radius 3 is 2.23 bits per heavy atom. The largest absolute Gasteiger partial charge is 0.479 e. The molecule has 4 rings (SSSR count). The highest BCUT2D eigenvalue weighted by molar-refractivity contribution is 5.85. The van der Waals surface area contributed by atoms with Crippen LogP contribution in [0.1, 0.15) is 48.4 Å². The van der Waals surface area contributed by atoms with E-state index in [1.54, 1.807) is 7.05 Å². The molecule has 0 saturated carbocycles. The molecule has 2 aromatic carbocycles. The summed E-state index contributed by atoms with van der Waals surface area (Å²) in [5.41, 5.74) is 4.88. The van der Waals surface area contributed by atoms with E-state index in [-0.39, 0.29) is 18.9 Å². The molecular formula is C26H28N4O5. The summed E-state index contributed by atoms with van der Waals surface area (Å²) in [6, 6.07) is 14.4. The highest BCUT2D eigenvalue weighted by atomic mass is 16.5. The van der Waals surface area contributed by atoms with Crippen LogP contribution in [-0.4, -0.2) is 45.5 Å². The number of hydrogen-bond donors (Lipinski definition) is 3. The van der Waals surface area contributed by atoms with Crippen molar-refractivity contribution in [2.75, 3.05) is 6.61 Å². The van der Waals surface area contributed by atoms with Crippen molar-refractivity contribution in [3.63, 3.8) is 0 Å². The van der Waals surface area contributed by atoms with Crippen LogP contribution < -0.4 is 10.6 Å². The number of carboxylic acids is 1. The molecule has 1 unspecified atom stereocenters. The molecule has 3 N–H and O–H groups in total. The van der Waals surface area contributed by atoms with E-state index in [1.165, 1.54) is 17.1 Å². The van der Waals surface area contributed by atoms with Crippen molar-refractivity contribution in [3.8, 4) is 11.1 Å². The SMILES string of the molecule is CC[C@@H](CC(=O)NC(C(=O)O)c1cnn(C)c1)NC(=O)OCC1c2ccccc2-c2ccccc21. The Balaban J connectivity index is 1.33. The minimum absolute atomic E-state index is 0.0627. The Hall–Kier alpha value is -4.14. The zero-order chi connectivity index (χ0) is 24.9. The fourth-order valence-electron chi connectivity index (χ4n) is 4.42. The number of fused-ring (bicyclic) bond motifs is 3. The molecule has 0 saturated heterocycles. The smallest absolute Gasteiger partial charge is 0.407 e. The zero-order valence-electron chi connectivity index (χ0n) is 19.6. The second-order valence-electron chi connectivity index (χ2n) is 8.57. The van der Waals surface area contributed by atoms with Gasteiger partial charge in [-0.05, 0) is 28.7 Å². The van der Waals surface area contributed by atoms with Crippen molar-refractivity contribution in [2.45, 2.75) is 37.8 Å². The minimum atomic E-state index is -1.22. The second-order valence-corrected chi connectivity index (χ2v) is 8.57. The summed E-state index contributed by atoms with van der Waals surface area (Å²) < 4.78 is 7.02. The summed E-state index contributed by atoms with van der Waals surface area (Å²) in [6.45, 7) is 2.00. The monoisotopic (exact) mass is 476 g/mol. The Morgan fingerprint density at radius 2 is 1.69 bits per heavy atom. The molecule has 0 fully saturated rings. The van der Waals surface area contributed by atoms with Gasteiger partial charge in [-0.1, -0.05) is 55.5 Å². The average Bonchev–Trinajstić information content (AvgIpc) is 3.41. The van der Waals surface area contributed by atoms with Gasteiger partial charge >= 0.3 is 12.1 Å². The number of carboxylic acid groups (broad SMARTS) is 1. The van der Waals surface area contributed by atoms with Gasteiger partial charge in [0.05, 0.1) is 6.20 Å². The first-order valence-electron chi connectivity index (χ1n) is 11.5. The summed E-state index contributed by atoms with van der Waals surface area (Å²) in [7, 11) is 1.66. The second kappa shape index (κ2) is 10.4. The van der Waals surface area contributed by atoms with Crippen LogP contribution in [0.4, 0.5) is 4.79 Å². The number of carbonyl (C=O) groups is 3. The molecular weight excluding hydrogens is 448 g/mol. The van der Waals surface area contributed by atoms with Crippen molar-refractivity contribution in [1.82, 2.24) is 20.4 Å². The maximum atomic E-state index is 12.6. The number of alkyl carbamates (subject to hydrolysis) is 1. The van der Waals surface area contributed by atoms with Gasteiger partial charge in [0, 0.05) is 37.2 Å². The number of ether oxygens (including phenoxy) is 1. The van der Waals surface area contributed by atoms with Crippen molar-refractivity contribution in [3.05, 3.63) is 77.6 Å². The van der Waals surface area contributed by atoms with Crippen LogP contribution >= 0.6 is 0 Å². The summed E-state index contributed by atoms with van der Waals surface area (Å²) in [5, 5.41) is 18.7. The van der Waals surface area contributed by atoms with Gasteiger partial charge in [-0.2, -0.15) is 5.10 Å². The predicted molar refractivity (Wildman–Crippen MR) is 129 cm³/mol. The van der Waals surface area contributed by atoms with Gasteiger partial charge in [0.1, 0.15) is 6.61 Å². The molecule has 9 heteroatoms. The van der Waals surface area contributed by atoms with Crippen LogP contribution in [0.25, 0.3) is 11.1 Å². The molecule has 182 valence electrons. The van der Waals surface area contributed by atoms with Crippen LogP contribution in [0.15, 0.2) is 60.9 Å². The Bertz CT molecular complexity index is 1190. The van der Waals surface area contributed by atoms with Gasteiger partial charge in [-0.3, -0.25) is 9.48 Å². The van der Waals surface area contributed by atoms with Crippen LogP contribution in [0.2, 0.25) is 0 Å². The number of carbonyl (C=O) groups excluding carboxylic acids is 2. The average molecular weight is 477 g/mol. The maximum Gasteiger partial charge on any atom is 0.407 e. The van der Waals surface area contributed by atoms with Gasteiger partial charge in [-0.15, -0.1) is 0 Å². The Kier molecular flexibility index (Phi) is 7.14. The number of benzene rings is 2. The number of aliphatic carboxylic acids is 1. The van der Waals surface area contributed by atoms with Crippen LogP contribution in [0.3, 0.4) is 0 Å². The molecule has 0 radical (unpaired) electrons. The van der Waals surface area contributed by atoms with Crippen molar-refractivity contribution in [1.29, 1.82) is 0 Å². The molecule has 0 aliphatic heterocycles. The Morgan fingerprint density at radius 1 is 1.06 bits per heavy atom. The zero-order valence-corrected chi connectivity index (χ0v) is 19.6. The predicted octanol–water partition coefficient (Wildman–Crippen LogP) is 3.37. The maximum absolute atomic E-state index is 12.6. The molecule has 1 heterocycles. The van der Waals surface area contributed by atoms with E-state index in [0.717, 1.165) is 22.3 Å². The van der Waals surface area contributed by atoms with E-state index in [9.17, 15) is 19.5 Å². The van der Waals surface area contributed by atoms with Gasteiger partial charge in [0.25, 0.3) is 0 Å². The minimum Gasteiger partial charge on any atom is -0.479 e. The normalized spacial score (nSPS) is 13.9. The van der Waals surface area contributed by atoms with E-state index in [1.807, 2.05) is 43.3 Å². The molecule has 0 spiro atoms. The summed E-state index contributed by atoms with van der Waals surface area (Å²) in [4.78, 5) is 36.7. The summed E-state index contributed by atoms with van der Waals surface area (Å²) >= 11 is 0. The van der Waals surface area contributed by atoms with Crippen molar-refractivity contribution in [2.24, 2.45) is 7.05 Å². The molecule has 0 bridgehead atoms. The van der Waals surface area contributed by atoms with Gasteiger partial charge in [-0.25, -0.2) is 9.59 Å². The van der Waals surface area contributed by atoms with Crippen LogP contribution in [0.5, 0.6) is 0 Å². The molecule has 1 aliphatic rings. The number of rotatable bonds is 9. The number of aromatic nitrogens is 2. The third-order valence-corrected chi connectivity index (χ3v) is 6.20. The van der Waals surface area contributed by atoms with E-state index >= 15 is 0 Å². The highest BCUT2D eigenvalue weighted by Gasteiger charge is 2.29. The first-order chi connectivity index (χ1) is 16.9.